The SMILES string of the molecule is CCN(CC)S(=O)(=O)c1ccc(NN=Cc2c(O)n(-c3ccc(C)cc3)c(=O)c3ccccc23)nc1. The molecule has 0 atom stereocenters. The molecule has 0 saturated carbocycles. The fourth-order valence-corrected chi connectivity index (χ4v) is 5.30. The molecule has 2 heterocycles. The molecular weight excluding hydrogens is 478 g/mol. The van der Waals surface area contributed by atoms with Crippen LogP contribution in [0.4, 0.5) is 5.82 Å². The van der Waals surface area contributed by atoms with Crippen LogP contribution in [0.3, 0.4) is 0 Å². The first kappa shape index (κ1) is 25.1. The fourth-order valence-electron chi connectivity index (χ4n) is 3.90. The van der Waals surface area contributed by atoms with Gasteiger partial charge in [0.25, 0.3) is 5.56 Å². The molecule has 0 fully saturated rings. The largest absolute Gasteiger partial charge is 0.494 e. The first-order valence-corrected chi connectivity index (χ1v) is 12.9. The number of anilines is 1. The van der Waals surface area contributed by atoms with E-state index in [0.29, 0.717) is 40.9 Å². The number of benzene rings is 2. The van der Waals surface area contributed by atoms with Gasteiger partial charge in [0.2, 0.25) is 15.9 Å². The monoisotopic (exact) mass is 505 g/mol. The van der Waals surface area contributed by atoms with Crippen LogP contribution in [-0.2, 0) is 10.0 Å². The van der Waals surface area contributed by atoms with Crippen LogP contribution in [0.5, 0.6) is 5.88 Å². The Morgan fingerprint density at radius 1 is 1.03 bits per heavy atom. The van der Waals surface area contributed by atoms with Crippen molar-refractivity contribution in [3.63, 3.8) is 0 Å². The molecule has 0 aliphatic carbocycles. The summed E-state index contributed by atoms with van der Waals surface area (Å²) in [5, 5.41) is 16.2. The van der Waals surface area contributed by atoms with Gasteiger partial charge in [-0.3, -0.25) is 10.2 Å². The highest BCUT2D eigenvalue weighted by Crippen LogP contribution is 2.26. The Morgan fingerprint density at radius 2 is 1.69 bits per heavy atom. The summed E-state index contributed by atoms with van der Waals surface area (Å²) in [7, 11) is -3.61. The third kappa shape index (κ3) is 4.73. The number of pyridine rings is 2. The second kappa shape index (κ2) is 10.3. The molecule has 0 aliphatic rings. The zero-order valence-electron chi connectivity index (χ0n) is 20.2. The van der Waals surface area contributed by atoms with E-state index >= 15 is 0 Å². The maximum Gasteiger partial charge on any atom is 0.265 e. The van der Waals surface area contributed by atoms with Crippen molar-refractivity contribution in [3.05, 3.63) is 88.3 Å². The zero-order chi connectivity index (χ0) is 25.9. The van der Waals surface area contributed by atoms with Gasteiger partial charge in [0.05, 0.1) is 17.5 Å². The lowest BCUT2D eigenvalue weighted by molar-refractivity contribution is 0.436. The minimum atomic E-state index is -3.61. The summed E-state index contributed by atoms with van der Waals surface area (Å²) in [4.78, 5) is 17.4. The van der Waals surface area contributed by atoms with Crippen molar-refractivity contribution < 1.29 is 13.5 Å². The summed E-state index contributed by atoms with van der Waals surface area (Å²) in [6, 6.07) is 17.2. The molecule has 0 radical (unpaired) electrons. The number of aromatic hydroxyl groups is 1. The first-order valence-electron chi connectivity index (χ1n) is 11.5. The Morgan fingerprint density at radius 3 is 2.31 bits per heavy atom. The van der Waals surface area contributed by atoms with Gasteiger partial charge in [-0.2, -0.15) is 9.41 Å². The van der Waals surface area contributed by atoms with Crippen molar-refractivity contribution in [2.24, 2.45) is 5.10 Å². The van der Waals surface area contributed by atoms with Crippen molar-refractivity contribution in [1.82, 2.24) is 13.9 Å². The summed E-state index contributed by atoms with van der Waals surface area (Å²) in [6.07, 6.45) is 2.68. The van der Waals surface area contributed by atoms with E-state index in [-0.39, 0.29) is 16.3 Å². The summed E-state index contributed by atoms with van der Waals surface area (Å²) < 4.78 is 27.9. The number of hydrogen-bond donors (Lipinski definition) is 2. The Bertz CT molecular complexity index is 1570. The van der Waals surface area contributed by atoms with E-state index in [0.717, 1.165) is 5.56 Å². The van der Waals surface area contributed by atoms with E-state index in [4.69, 9.17) is 0 Å². The number of nitrogens with zero attached hydrogens (tertiary/aromatic N) is 4. The Balaban J connectivity index is 1.68. The summed E-state index contributed by atoms with van der Waals surface area (Å²) in [6.45, 7) is 6.23. The maximum atomic E-state index is 13.2. The van der Waals surface area contributed by atoms with E-state index in [9.17, 15) is 18.3 Å². The number of rotatable bonds is 8. The number of fused-ring (bicyclic) bond motifs is 1. The van der Waals surface area contributed by atoms with E-state index in [1.165, 1.54) is 33.4 Å². The van der Waals surface area contributed by atoms with Gasteiger partial charge in [0.1, 0.15) is 10.7 Å². The third-order valence-electron chi connectivity index (χ3n) is 5.85. The third-order valence-corrected chi connectivity index (χ3v) is 7.88. The van der Waals surface area contributed by atoms with Crippen molar-refractivity contribution in [3.8, 4) is 11.6 Å². The van der Waals surface area contributed by atoms with Gasteiger partial charge in [0, 0.05) is 30.1 Å². The van der Waals surface area contributed by atoms with Gasteiger partial charge in [-0.1, -0.05) is 49.7 Å². The highest BCUT2D eigenvalue weighted by molar-refractivity contribution is 7.89. The van der Waals surface area contributed by atoms with Crippen LogP contribution in [0.2, 0.25) is 0 Å². The Labute approximate surface area is 209 Å². The second-order valence-corrected chi connectivity index (χ2v) is 10.0. The molecule has 4 aromatic rings. The van der Waals surface area contributed by atoms with Gasteiger partial charge < -0.3 is 5.11 Å². The van der Waals surface area contributed by atoms with Crippen molar-refractivity contribution in [2.45, 2.75) is 25.7 Å². The highest BCUT2D eigenvalue weighted by Gasteiger charge is 2.21. The summed E-state index contributed by atoms with van der Waals surface area (Å²) in [5.41, 5.74) is 4.32. The average Bonchev–Trinajstić information content (AvgIpc) is 2.88. The van der Waals surface area contributed by atoms with E-state index in [1.54, 1.807) is 50.2 Å². The Hall–Kier alpha value is -4.02. The number of sulfonamides is 1. The molecule has 2 aromatic heterocycles. The molecule has 36 heavy (non-hydrogen) atoms. The minimum Gasteiger partial charge on any atom is -0.494 e. The normalized spacial score (nSPS) is 12.0. The Kier molecular flexibility index (Phi) is 7.18. The molecular formula is C26H27N5O4S. The molecule has 0 spiro atoms. The lowest BCUT2D eigenvalue weighted by Gasteiger charge is -2.18. The molecule has 0 unspecified atom stereocenters. The van der Waals surface area contributed by atoms with Crippen molar-refractivity contribution in [2.75, 3.05) is 18.5 Å². The van der Waals surface area contributed by atoms with Gasteiger partial charge in [-0.25, -0.2) is 18.0 Å². The predicted molar refractivity (Wildman–Crippen MR) is 142 cm³/mol. The van der Waals surface area contributed by atoms with Crippen molar-refractivity contribution in [1.29, 1.82) is 0 Å². The zero-order valence-corrected chi connectivity index (χ0v) is 21.0. The topological polar surface area (TPSA) is 117 Å². The highest BCUT2D eigenvalue weighted by atomic mass is 32.2. The molecule has 186 valence electrons. The number of hydrogen-bond acceptors (Lipinski definition) is 7. The molecule has 0 aliphatic heterocycles. The van der Waals surface area contributed by atoms with Crippen molar-refractivity contribution >= 4 is 32.8 Å². The molecule has 0 amide bonds. The van der Waals surface area contributed by atoms with Gasteiger partial charge in [-0.05, 0) is 37.3 Å². The molecule has 10 heteroatoms. The molecule has 2 N–H and O–H groups in total. The maximum absolute atomic E-state index is 13.2. The van der Waals surface area contributed by atoms with Crippen LogP contribution in [0, 0.1) is 6.92 Å². The van der Waals surface area contributed by atoms with Crippen LogP contribution < -0.4 is 11.0 Å². The van der Waals surface area contributed by atoms with E-state index in [2.05, 4.69) is 15.5 Å². The van der Waals surface area contributed by atoms with Gasteiger partial charge in [0.15, 0.2) is 0 Å². The number of hydrazone groups is 1. The van der Waals surface area contributed by atoms with Crippen LogP contribution in [0.1, 0.15) is 25.0 Å². The summed E-state index contributed by atoms with van der Waals surface area (Å²) in [5.74, 6) is 0.0714. The lowest BCUT2D eigenvalue weighted by Crippen LogP contribution is -2.30. The predicted octanol–water partition coefficient (Wildman–Crippen LogP) is 3.88. The fraction of sp³-hybridized carbons (Fsp3) is 0.192. The van der Waals surface area contributed by atoms with Gasteiger partial charge >= 0.3 is 0 Å². The van der Waals surface area contributed by atoms with E-state index in [1.807, 2.05) is 19.1 Å². The van der Waals surface area contributed by atoms with Gasteiger partial charge in [-0.15, -0.1) is 0 Å². The molecule has 9 nitrogen and oxygen atoms in total. The summed E-state index contributed by atoms with van der Waals surface area (Å²) >= 11 is 0. The molecule has 2 aromatic carbocycles. The molecule has 4 rings (SSSR count). The number of aryl methyl sites for hydroxylation is 1. The van der Waals surface area contributed by atoms with Crippen LogP contribution in [0.25, 0.3) is 16.5 Å². The smallest absolute Gasteiger partial charge is 0.265 e. The molecule has 0 bridgehead atoms. The van der Waals surface area contributed by atoms with Crippen LogP contribution in [-0.4, -0.2) is 46.7 Å². The first-order chi connectivity index (χ1) is 17.3. The van der Waals surface area contributed by atoms with Crippen LogP contribution >= 0.6 is 0 Å². The number of aromatic nitrogens is 2. The quantitative estimate of drug-likeness (QED) is 0.277. The minimum absolute atomic E-state index is 0.0922. The standard InChI is InChI=1S/C26H27N5O4S/c1-4-30(5-2)36(34,35)20-14-15-24(27-16-20)29-28-17-23-21-8-6-7-9-22(21)25(32)31(26(23)33)19-12-10-18(3)11-13-19/h6-17,33H,4-5H2,1-3H3,(H,27,29). The van der Waals surface area contributed by atoms with Crippen LogP contribution in [0.15, 0.2) is 81.7 Å². The molecule has 0 saturated heterocycles. The lowest BCUT2D eigenvalue weighted by atomic mass is 10.1. The average molecular weight is 506 g/mol. The second-order valence-electron chi connectivity index (χ2n) is 8.10. The van der Waals surface area contributed by atoms with E-state index < -0.39 is 10.0 Å². The number of nitrogens with one attached hydrogen (secondary N) is 1.